The van der Waals surface area contributed by atoms with E-state index in [0.717, 1.165) is 12.8 Å². The summed E-state index contributed by atoms with van der Waals surface area (Å²) < 4.78 is 5.18. The number of ether oxygens (including phenoxy) is 1. The van der Waals surface area contributed by atoms with Crippen LogP contribution in [0.4, 0.5) is 0 Å². The lowest BCUT2D eigenvalue weighted by Crippen LogP contribution is -2.15. The number of hydrogen-bond donors (Lipinski definition) is 2. The fraction of sp³-hybridized carbons (Fsp3) is 0.400. The molecule has 0 bridgehead atoms. The third-order valence-electron chi connectivity index (χ3n) is 1.86. The quantitative estimate of drug-likeness (QED) is 0.718. The number of carboxylic acid groups (broad SMARTS) is 1. The Hall–Kier alpha value is -1.78. The first-order chi connectivity index (χ1) is 7.15. The van der Waals surface area contributed by atoms with E-state index in [0.29, 0.717) is 6.61 Å². The van der Waals surface area contributed by atoms with Gasteiger partial charge in [-0.1, -0.05) is 13.3 Å². The van der Waals surface area contributed by atoms with Gasteiger partial charge in [0.15, 0.2) is 5.75 Å². The highest BCUT2D eigenvalue weighted by Gasteiger charge is 2.06. The van der Waals surface area contributed by atoms with Crippen LogP contribution in [0.3, 0.4) is 0 Å². The van der Waals surface area contributed by atoms with Gasteiger partial charge in [0.05, 0.1) is 6.61 Å². The molecule has 5 nitrogen and oxygen atoms in total. The molecule has 1 rings (SSSR count). The number of pyridine rings is 1. The van der Waals surface area contributed by atoms with Crippen molar-refractivity contribution in [1.82, 2.24) is 4.98 Å². The highest BCUT2D eigenvalue weighted by molar-refractivity contribution is 5.85. The smallest absolute Gasteiger partial charge is 0.352 e. The normalized spacial score (nSPS) is 9.93. The number of hydrogen-bond acceptors (Lipinski definition) is 3. The summed E-state index contributed by atoms with van der Waals surface area (Å²) in [6, 6.07) is 2.68. The van der Waals surface area contributed by atoms with Gasteiger partial charge in [-0.15, -0.1) is 0 Å². The van der Waals surface area contributed by atoms with Crippen molar-refractivity contribution in [3.8, 4) is 5.75 Å². The first-order valence-electron chi connectivity index (χ1n) is 4.74. The Morgan fingerprint density at radius 1 is 1.53 bits per heavy atom. The molecule has 0 saturated heterocycles. The van der Waals surface area contributed by atoms with Crippen LogP contribution in [0.5, 0.6) is 5.75 Å². The summed E-state index contributed by atoms with van der Waals surface area (Å²) in [6.45, 7) is 2.48. The zero-order chi connectivity index (χ0) is 11.3. The summed E-state index contributed by atoms with van der Waals surface area (Å²) in [7, 11) is 0. The second kappa shape index (κ2) is 5.19. The van der Waals surface area contributed by atoms with E-state index >= 15 is 0 Å². The van der Waals surface area contributed by atoms with E-state index in [1.165, 1.54) is 12.1 Å². The van der Waals surface area contributed by atoms with Crippen molar-refractivity contribution in [2.45, 2.75) is 19.8 Å². The zero-order valence-electron chi connectivity index (χ0n) is 8.45. The molecule has 0 spiro atoms. The van der Waals surface area contributed by atoms with Crippen LogP contribution in [-0.4, -0.2) is 22.7 Å². The summed E-state index contributed by atoms with van der Waals surface area (Å²) >= 11 is 0. The second-order valence-corrected chi connectivity index (χ2v) is 3.07. The molecular formula is C10H13NO4. The fourth-order valence-corrected chi connectivity index (χ4v) is 1.03. The Balaban J connectivity index is 2.75. The van der Waals surface area contributed by atoms with E-state index in [1.54, 1.807) is 0 Å². The molecule has 2 N–H and O–H groups in total. The molecule has 0 saturated carbocycles. The highest BCUT2D eigenvalue weighted by atomic mass is 16.5. The molecule has 0 fully saturated rings. The number of aromatic nitrogens is 1. The minimum Gasteiger partial charge on any atom is -0.488 e. The van der Waals surface area contributed by atoms with Gasteiger partial charge in [-0.25, -0.2) is 4.79 Å². The summed E-state index contributed by atoms with van der Waals surface area (Å²) in [5.41, 5.74) is -0.645. The predicted octanol–water partition coefficient (Wildman–Crippen LogP) is 1.25. The Labute approximate surface area is 86.7 Å². The van der Waals surface area contributed by atoms with Gasteiger partial charge in [0.25, 0.3) is 5.56 Å². The SMILES string of the molecule is CCCCOc1ccc(C(=O)O)[nH]c1=O. The van der Waals surface area contributed by atoms with Crippen molar-refractivity contribution < 1.29 is 14.6 Å². The number of nitrogens with one attached hydrogen (secondary N) is 1. The van der Waals surface area contributed by atoms with Gasteiger partial charge < -0.3 is 14.8 Å². The number of aromatic carboxylic acids is 1. The van der Waals surface area contributed by atoms with Crippen LogP contribution in [0.1, 0.15) is 30.3 Å². The first-order valence-corrected chi connectivity index (χ1v) is 4.74. The van der Waals surface area contributed by atoms with Crippen LogP contribution in [0.25, 0.3) is 0 Å². The summed E-state index contributed by atoms with van der Waals surface area (Å²) in [5.74, 6) is -0.999. The van der Waals surface area contributed by atoms with Crippen molar-refractivity contribution >= 4 is 5.97 Å². The van der Waals surface area contributed by atoms with Gasteiger partial charge in [0.2, 0.25) is 0 Å². The van der Waals surface area contributed by atoms with Crippen LogP contribution in [0.2, 0.25) is 0 Å². The lowest BCUT2D eigenvalue weighted by molar-refractivity contribution is 0.0690. The minimum atomic E-state index is -1.16. The number of carboxylic acids is 1. The third kappa shape index (κ3) is 3.12. The molecular weight excluding hydrogens is 198 g/mol. The van der Waals surface area contributed by atoms with Gasteiger partial charge in [-0.05, 0) is 18.6 Å². The maximum absolute atomic E-state index is 11.3. The van der Waals surface area contributed by atoms with E-state index in [-0.39, 0.29) is 11.4 Å². The van der Waals surface area contributed by atoms with Crippen molar-refractivity contribution in [1.29, 1.82) is 0 Å². The Kier molecular flexibility index (Phi) is 3.91. The largest absolute Gasteiger partial charge is 0.488 e. The number of rotatable bonds is 5. The number of H-pyrrole nitrogens is 1. The first kappa shape index (κ1) is 11.3. The standard InChI is InChI=1S/C10H13NO4/c1-2-3-6-15-8-5-4-7(10(13)14)11-9(8)12/h4-5H,2-3,6H2,1H3,(H,11,12)(H,13,14). The van der Waals surface area contributed by atoms with E-state index in [2.05, 4.69) is 4.98 Å². The summed E-state index contributed by atoms with van der Waals surface area (Å²) in [4.78, 5) is 24.0. The molecule has 1 aromatic rings. The van der Waals surface area contributed by atoms with Gasteiger partial charge in [0.1, 0.15) is 5.69 Å². The molecule has 0 aliphatic rings. The summed E-state index contributed by atoms with van der Waals surface area (Å²) in [6.07, 6.45) is 1.84. The minimum absolute atomic E-state index is 0.136. The number of unbranched alkanes of at least 4 members (excludes halogenated alkanes) is 1. The molecule has 0 unspecified atom stereocenters. The molecule has 0 aliphatic heterocycles. The lowest BCUT2D eigenvalue weighted by Gasteiger charge is -2.03. The molecule has 82 valence electrons. The van der Waals surface area contributed by atoms with E-state index in [9.17, 15) is 9.59 Å². The maximum Gasteiger partial charge on any atom is 0.352 e. The van der Waals surface area contributed by atoms with Crippen LogP contribution < -0.4 is 10.3 Å². The molecule has 15 heavy (non-hydrogen) atoms. The number of carbonyl (C=O) groups is 1. The lowest BCUT2D eigenvalue weighted by atomic mass is 10.3. The predicted molar refractivity (Wildman–Crippen MR) is 54.4 cm³/mol. The van der Waals surface area contributed by atoms with Crippen molar-refractivity contribution in [3.63, 3.8) is 0 Å². The molecule has 1 aromatic heterocycles. The summed E-state index contributed by atoms with van der Waals surface area (Å²) in [5, 5.41) is 8.60. The molecule has 5 heteroatoms. The van der Waals surface area contributed by atoms with Crippen molar-refractivity contribution in [3.05, 3.63) is 28.2 Å². The average Bonchev–Trinajstić information content (AvgIpc) is 2.20. The van der Waals surface area contributed by atoms with Crippen molar-refractivity contribution in [2.75, 3.05) is 6.61 Å². The van der Waals surface area contributed by atoms with Crippen molar-refractivity contribution in [2.24, 2.45) is 0 Å². The van der Waals surface area contributed by atoms with Crippen LogP contribution in [0, 0.1) is 0 Å². The molecule has 0 atom stereocenters. The van der Waals surface area contributed by atoms with E-state index in [4.69, 9.17) is 9.84 Å². The van der Waals surface area contributed by atoms with Gasteiger partial charge in [0, 0.05) is 0 Å². The fourth-order valence-electron chi connectivity index (χ4n) is 1.03. The monoisotopic (exact) mass is 211 g/mol. The Morgan fingerprint density at radius 3 is 2.80 bits per heavy atom. The topological polar surface area (TPSA) is 79.4 Å². The van der Waals surface area contributed by atoms with Gasteiger partial charge in [-0.2, -0.15) is 0 Å². The molecule has 0 aliphatic carbocycles. The van der Waals surface area contributed by atoms with Crippen LogP contribution >= 0.6 is 0 Å². The van der Waals surface area contributed by atoms with Gasteiger partial charge >= 0.3 is 5.97 Å². The molecule has 0 aromatic carbocycles. The average molecular weight is 211 g/mol. The molecule has 0 radical (unpaired) electrons. The Bertz CT molecular complexity index is 397. The molecule has 0 amide bonds. The van der Waals surface area contributed by atoms with Gasteiger partial charge in [-0.3, -0.25) is 4.79 Å². The maximum atomic E-state index is 11.3. The number of aromatic amines is 1. The van der Waals surface area contributed by atoms with E-state index < -0.39 is 11.5 Å². The molecule has 1 heterocycles. The van der Waals surface area contributed by atoms with Crippen LogP contribution in [-0.2, 0) is 0 Å². The van der Waals surface area contributed by atoms with Crippen LogP contribution in [0.15, 0.2) is 16.9 Å². The third-order valence-corrected chi connectivity index (χ3v) is 1.86. The highest BCUT2D eigenvalue weighted by Crippen LogP contribution is 2.04. The Morgan fingerprint density at radius 2 is 2.27 bits per heavy atom. The van der Waals surface area contributed by atoms with E-state index in [1.807, 2.05) is 6.92 Å². The zero-order valence-corrected chi connectivity index (χ0v) is 8.45. The second-order valence-electron chi connectivity index (χ2n) is 3.07.